The predicted molar refractivity (Wildman–Crippen MR) is 351 cm³/mol. The van der Waals surface area contributed by atoms with Gasteiger partial charge in [-0.25, -0.2) is 0 Å². The van der Waals surface area contributed by atoms with Crippen molar-refractivity contribution in [1.82, 2.24) is 10.6 Å². The summed E-state index contributed by atoms with van der Waals surface area (Å²) in [6.07, 6.45) is -107. The molecule has 24 heterocycles. The summed E-state index contributed by atoms with van der Waals surface area (Å²) in [5.41, 5.74) is 0. The van der Waals surface area contributed by atoms with E-state index < -0.39 is 398 Å². The van der Waals surface area contributed by atoms with E-state index in [0.29, 0.717) is 0 Å². The topological polar surface area (TPSA) is 840 Å². The molecule has 24 fully saturated rings. The molecular weight excluding hydrogens is 1610 g/mol. The maximum absolute atomic E-state index is 13.9. The van der Waals surface area contributed by atoms with Crippen molar-refractivity contribution in [2.45, 2.75) is 320 Å². The highest BCUT2D eigenvalue weighted by molar-refractivity contribution is 5.83. The zero-order valence-electron chi connectivity index (χ0n) is 61.3. The number of amides is 2. The van der Waals surface area contributed by atoms with Crippen LogP contribution in [0.4, 0.5) is 0 Å². The average Bonchev–Trinajstić information content (AvgIpc) is 0.849. The maximum Gasteiger partial charge on any atom is 0.222 e. The number of hydrogen-bond donors (Lipinski definition) is 32. The van der Waals surface area contributed by atoms with Crippen LogP contribution in [0.25, 0.3) is 0 Å². The predicted octanol–water partition coefficient (Wildman–Crippen LogP) is -22.8. The summed E-state index contributed by atoms with van der Waals surface area (Å²) in [6, 6.07) is 0. The number of carbonyl (C=O) groups is 2. The molecule has 2 amide bonds. The van der Waals surface area contributed by atoms with E-state index in [-0.39, 0.29) is 0 Å². The molecule has 24 aliphatic heterocycles. The Hall–Kier alpha value is -3.02. The Balaban J connectivity index is 0.833. The highest BCUT2D eigenvalue weighted by Gasteiger charge is 2.61. The van der Waals surface area contributed by atoms with E-state index in [2.05, 4.69) is 10.6 Å². The van der Waals surface area contributed by atoms with Crippen LogP contribution in [0, 0.1) is 0 Å². The monoisotopic (exact) mass is 1720 g/mol. The fourth-order valence-corrected chi connectivity index (χ4v) is 15.3. The first-order valence-electron chi connectivity index (χ1n) is 37.4. The SMILES string of the molecule is O=C(CCC(=O)N[C@@H]1O[C@H](CO[C@H]2O[C@H](CO)[C@@H](O)[C@H](O)[C@@H]2O)[C@@H](O)[C@H](O[C@H]2O[C@H](CO)[C@@H](O)[C@H](O)[C@@H]2O)[C@@H]1O)NC[C@H]1O[C@@H]2O[C@H]3[C@H](O)[C@@H](O)[C@@H](O[C@H]4[C@H](O)[C@@H](O)[C@@H](O[C@H]5[C@H](O)[C@@H](O)[C@@H](O[C@H]6[C@H](O)[C@@H](O)[C@@H](O[C@H]7[C@H](O)[C@@H](O)[C@@H](O[C@H]8[C@H](O)[C@@H](O)[C@H](O[C@@H]8CO)O[C@H]1C(O)[C@H]2O)O[C@@H]7CO)O[C@@H]6CO)O[C@@H]5CO)O[C@@H]4CO)O[C@@H]3CO. The van der Waals surface area contributed by atoms with Gasteiger partial charge in [-0.1, -0.05) is 0 Å². The lowest BCUT2D eigenvalue weighted by atomic mass is 9.95. The van der Waals surface area contributed by atoms with E-state index in [1.165, 1.54) is 0 Å². The van der Waals surface area contributed by atoms with Crippen molar-refractivity contribution in [3.63, 3.8) is 0 Å². The Morgan fingerprint density at radius 3 is 0.803 bits per heavy atom. The number of hydrogen-bond acceptors (Lipinski definition) is 51. The third kappa shape index (κ3) is 20.0. The number of aliphatic hydroxyl groups excluding tert-OH is 30. The Kier molecular flexibility index (Phi) is 33.1. The summed E-state index contributed by atoms with van der Waals surface area (Å²) in [7, 11) is 0. The lowest BCUT2D eigenvalue weighted by Gasteiger charge is -2.50. The first-order valence-corrected chi connectivity index (χ1v) is 37.4. The Morgan fingerprint density at radius 2 is 0.504 bits per heavy atom. The normalized spacial score (nSPS) is 52.3. The molecule has 0 aromatic heterocycles. The van der Waals surface area contributed by atoms with Crippen LogP contribution in [0.3, 0.4) is 0 Å². The van der Waals surface area contributed by atoms with Gasteiger partial charge >= 0.3 is 0 Å². The minimum Gasteiger partial charge on any atom is -0.394 e. The molecule has 0 radical (unpaired) electrons. The van der Waals surface area contributed by atoms with E-state index in [0.717, 1.165) is 0 Å². The number of ether oxygens (including phenoxy) is 19. The van der Waals surface area contributed by atoms with E-state index in [1.54, 1.807) is 0 Å². The van der Waals surface area contributed by atoms with Gasteiger partial charge in [0, 0.05) is 19.4 Å². The van der Waals surface area contributed by atoms with Crippen molar-refractivity contribution < 1.29 is 253 Å². The molecule has 53 nitrogen and oxygen atoms in total. The van der Waals surface area contributed by atoms with E-state index in [1.807, 2.05) is 0 Å². The van der Waals surface area contributed by atoms with Gasteiger partial charge in [-0.15, -0.1) is 0 Å². The summed E-state index contributed by atoms with van der Waals surface area (Å²) < 4.78 is 109. The quantitative estimate of drug-likeness (QED) is 0.0571. The van der Waals surface area contributed by atoms with Crippen LogP contribution in [0.15, 0.2) is 0 Å². The Labute approximate surface area is 659 Å². The molecule has 24 aliphatic rings. The molecular formula is C64H106N2O51. The second kappa shape index (κ2) is 41.0. The third-order valence-electron chi connectivity index (χ3n) is 22.1. The van der Waals surface area contributed by atoms with Crippen LogP contribution in [0.5, 0.6) is 0 Å². The van der Waals surface area contributed by atoms with E-state index in [4.69, 9.17) is 90.0 Å². The number of nitrogens with one attached hydrogen (secondary N) is 2. The van der Waals surface area contributed by atoms with Crippen molar-refractivity contribution in [3.8, 4) is 0 Å². The maximum atomic E-state index is 13.9. The van der Waals surface area contributed by atoms with Crippen LogP contribution in [-0.2, 0) is 99.6 Å². The molecule has 24 saturated heterocycles. The summed E-state index contributed by atoms with van der Waals surface area (Å²) in [5, 5.41) is 337. The molecule has 117 heavy (non-hydrogen) atoms. The summed E-state index contributed by atoms with van der Waals surface area (Å²) in [6.45, 7) is -10.7. The van der Waals surface area contributed by atoms with Crippen molar-refractivity contribution in [3.05, 3.63) is 0 Å². The zero-order chi connectivity index (χ0) is 85.4. The summed E-state index contributed by atoms with van der Waals surface area (Å²) >= 11 is 0. The minimum atomic E-state index is -2.45. The number of carbonyl (C=O) groups excluding carboxylic acids is 2. The molecule has 0 aromatic carbocycles. The smallest absolute Gasteiger partial charge is 0.222 e. The van der Waals surface area contributed by atoms with Crippen molar-refractivity contribution in [2.24, 2.45) is 0 Å². The molecule has 0 saturated carbocycles. The molecule has 678 valence electrons. The van der Waals surface area contributed by atoms with Gasteiger partial charge in [0.05, 0.1) is 59.5 Å². The third-order valence-corrected chi connectivity index (χ3v) is 22.1. The first kappa shape index (κ1) is 94.7. The molecule has 14 bridgehead atoms. The van der Waals surface area contributed by atoms with Gasteiger partial charge in [-0.2, -0.15) is 0 Å². The lowest BCUT2D eigenvalue weighted by molar-refractivity contribution is -0.396. The molecule has 50 atom stereocenters. The molecule has 0 spiro atoms. The summed E-state index contributed by atoms with van der Waals surface area (Å²) in [4.78, 5) is 27.7. The molecule has 1 unspecified atom stereocenters. The highest BCUT2D eigenvalue weighted by atomic mass is 16.8. The van der Waals surface area contributed by atoms with Gasteiger partial charge in [-0.3, -0.25) is 9.59 Å². The Bertz CT molecular complexity index is 3070. The number of aliphatic hydroxyl groups is 30. The van der Waals surface area contributed by atoms with Gasteiger partial charge in [0.25, 0.3) is 0 Å². The van der Waals surface area contributed by atoms with E-state index in [9.17, 15) is 163 Å². The zero-order valence-corrected chi connectivity index (χ0v) is 61.3. The average molecular weight is 1720 g/mol. The van der Waals surface area contributed by atoms with Gasteiger partial charge in [-0.05, 0) is 0 Å². The van der Waals surface area contributed by atoms with Gasteiger partial charge in [0.1, 0.15) is 244 Å². The van der Waals surface area contributed by atoms with Gasteiger partial charge in [0.15, 0.2) is 62.8 Å². The highest BCUT2D eigenvalue weighted by Crippen LogP contribution is 2.41. The van der Waals surface area contributed by atoms with E-state index >= 15 is 0 Å². The van der Waals surface area contributed by atoms with Gasteiger partial charge in [0.2, 0.25) is 11.8 Å². The van der Waals surface area contributed by atoms with Crippen LogP contribution < -0.4 is 10.6 Å². The largest absolute Gasteiger partial charge is 0.394 e. The van der Waals surface area contributed by atoms with Crippen molar-refractivity contribution in [2.75, 3.05) is 66.0 Å². The van der Waals surface area contributed by atoms with Crippen molar-refractivity contribution >= 4 is 11.8 Å². The first-order chi connectivity index (χ1) is 55.6. The van der Waals surface area contributed by atoms with Crippen molar-refractivity contribution in [1.29, 1.82) is 0 Å². The molecule has 32 N–H and O–H groups in total. The number of rotatable bonds is 19. The van der Waals surface area contributed by atoms with Crippen LogP contribution in [0.1, 0.15) is 12.8 Å². The van der Waals surface area contributed by atoms with Crippen LogP contribution >= 0.6 is 0 Å². The van der Waals surface area contributed by atoms with Crippen LogP contribution in [-0.4, -0.2) is 538 Å². The Morgan fingerprint density at radius 1 is 0.239 bits per heavy atom. The minimum absolute atomic E-state index is 0.865. The summed E-state index contributed by atoms with van der Waals surface area (Å²) in [5.74, 6) is -2.28. The standard InChI is InChI=1S/C64H106N2O51/c67-4-14-25(77)28(80)37(89)56(102-14)99-12-22-27(79)54(117-57-38(90)29(81)26(78)15(5-68)103-57)46(98)55(100-22)66-24(76)2-1-23(75)65-3-13-47-30(82)39(91)58(101-13)111-48-16(6-69)105-60(41(93)32(48)84)113-50-18(8-71)107-62(43(95)34(50)86)115-52-20(10-73)109-64(45(97)36(52)88)116-53-21(11-74)108-63(44(96)35(53)87)114-51-19(9-72)106-61(42(94)33(51)85)112-49-17(7-70)104-59(110-47)40(92)31(49)83/h13-22,25-64,67-74,77-98H,1-12H2,(H,65,75)(H,66,76)/t13-,14-,15-,16-,17-,18-,19-,20-,21-,22-,25-,26-,27-,28+,29+,30?,31-,32-,33-,34-,35-,36-,37+,38+,39-,40-,41-,42-,43-,44-,45-,46+,47-,48-,49-,50-,51-,52-,53-,54+,55-,56+,57-,58-,59-,60-,61-,62-,63-,64-/m1/s1. The second-order valence-corrected chi connectivity index (χ2v) is 29.7. The van der Waals surface area contributed by atoms with Crippen LogP contribution in [0.2, 0.25) is 0 Å². The lowest BCUT2D eigenvalue weighted by Crippen LogP contribution is -2.68. The molecule has 24 rings (SSSR count). The second-order valence-electron chi connectivity index (χ2n) is 29.7. The molecule has 53 heteroatoms. The fourth-order valence-electron chi connectivity index (χ4n) is 15.3. The fraction of sp³-hybridized carbons (Fsp3) is 0.969. The molecule has 0 aliphatic carbocycles. The van der Waals surface area contributed by atoms with Gasteiger partial charge < -0.3 is 254 Å². The molecule has 0 aromatic rings.